The van der Waals surface area contributed by atoms with E-state index < -0.39 is 0 Å². The van der Waals surface area contributed by atoms with Crippen LogP contribution in [-0.4, -0.2) is 52.8 Å². The van der Waals surface area contributed by atoms with Crippen molar-refractivity contribution < 1.29 is 9.47 Å². The highest BCUT2D eigenvalue weighted by Gasteiger charge is 2.17. The van der Waals surface area contributed by atoms with Crippen LogP contribution in [0.3, 0.4) is 0 Å². The van der Waals surface area contributed by atoms with E-state index in [9.17, 15) is 0 Å². The summed E-state index contributed by atoms with van der Waals surface area (Å²) in [5, 5.41) is 11.0. The van der Waals surface area contributed by atoms with Crippen LogP contribution in [-0.2, 0) is 6.54 Å². The average Bonchev–Trinajstić information content (AvgIpc) is 3.17. The number of thiophene rings is 1. The molecule has 8 heteroatoms. The van der Waals surface area contributed by atoms with E-state index in [4.69, 9.17) is 9.47 Å². The number of nitrogens with zero attached hydrogens (tertiary/aromatic N) is 2. The lowest BCUT2D eigenvalue weighted by Gasteiger charge is -2.26. The number of halogens is 1. The summed E-state index contributed by atoms with van der Waals surface area (Å²) in [5.41, 5.74) is 2.40. The Hall–Kier alpha value is -1.52. The first-order chi connectivity index (χ1) is 12.6. The smallest absolute Gasteiger partial charge is 0.191 e. The molecule has 0 saturated heterocycles. The highest BCUT2D eigenvalue weighted by Crippen LogP contribution is 2.31. The second-order valence-electron chi connectivity index (χ2n) is 6.03. The Kier molecular flexibility index (Phi) is 10.5. The van der Waals surface area contributed by atoms with Crippen LogP contribution in [0.4, 0.5) is 0 Å². The van der Waals surface area contributed by atoms with E-state index in [1.165, 1.54) is 5.56 Å². The summed E-state index contributed by atoms with van der Waals surface area (Å²) >= 11 is 1.70. The second kappa shape index (κ2) is 12.0. The maximum Gasteiger partial charge on any atom is 0.191 e. The molecule has 0 spiro atoms. The number of aliphatic imine (C=N–C) groups is 1. The molecule has 0 amide bonds. The monoisotopic (exact) mass is 504 g/mol. The maximum atomic E-state index is 5.43. The molecule has 2 rings (SSSR count). The van der Waals surface area contributed by atoms with Gasteiger partial charge in [-0.2, -0.15) is 11.3 Å². The molecule has 6 nitrogen and oxygen atoms in total. The van der Waals surface area contributed by atoms with Gasteiger partial charge in [0, 0.05) is 20.1 Å². The van der Waals surface area contributed by atoms with Crippen molar-refractivity contribution in [2.75, 3.05) is 41.9 Å². The molecule has 0 aliphatic carbocycles. The molecule has 2 N–H and O–H groups in total. The number of hydrogen-bond donors (Lipinski definition) is 2. The number of likely N-dealkylation sites (N-methyl/N-ethyl adjacent to an activating group) is 1. The molecule has 1 aromatic heterocycles. The predicted molar refractivity (Wildman–Crippen MR) is 124 cm³/mol. The zero-order valence-corrected chi connectivity index (χ0v) is 19.6. The van der Waals surface area contributed by atoms with Gasteiger partial charge < -0.3 is 25.0 Å². The van der Waals surface area contributed by atoms with Gasteiger partial charge in [-0.25, -0.2) is 0 Å². The van der Waals surface area contributed by atoms with E-state index in [2.05, 4.69) is 57.5 Å². The Morgan fingerprint density at radius 1 is 1.15 bits per heavy atom. The van der Waals surface area contributed by atoms with Crippen LogP contribution >= 0.6 is 35.3 Å². The first-order valence-electron chi connectivity index (χ1n) is 8.43. The molecule has 0 aliphatic rings. The Morgan fingerprint density at radius 3 is 2.44 bits per heavy atom. The quantitative estimate of drug-likeness (QED) is 0.328. The minimum absolute atomic E-state index is 0. The highest BCUT2D eigenvalue weighted by atomic mass is 127. The Morgan fingerprint density at radius 2 is 1.89 bits per heavy atom. The maximum absolute atomic E-state index is 5.43. The van der Waals surface area contributed by atoms with Crippen molar-refractivity contribution in [1.29, 1.82) is 0 Å². The minimum atomic E-state index is 0. The molecule has 2 aromatic rings. The number of nitrogens with one attached hydrogen (secondary N) is 2. The lowest BCUT2D eigenvalue weighted by Crippen LogP contribution is -2.41. The number of methoxy groups -OCH3 is 2. The number of ether oxygens (including phenoxy) is 2. The van der Waals surface area contributed by atoms with E-state index in [1.54, 1.807) is 32.6 Å². The van der Waals surface area contributed by atoms with Crippen molar-refractivity contribution in [2.45, 2.75) is 12.6 Å². The van der Waals surface area contributed by atoms with Gasteiger partial charge in [-0.3, -0.25) is 4.99 Å². The van der Waals surface area contributed by atoms with Crippen molar-refractivity contribution in [3.63, 3.8) is 0 Å². The van der Waals surface area contributed by atoms with Crippen molar-refractivity contribution >= 4 is 41.3 Å². The van der Waals surface area contributed by atoms with Crippen molar-refractivity contribution in [1.82, 2.24) is 15.5 Å². The molecule has 0 fully saturated rings. The Labute approximate surface area is 183 Å². The van der Waals surface area contributed by atoms with Gasteiger partial charge in [0.15, 0.2) is 17.5 Å². The van der Waals surface area contributed by atoms with Gasteiger partial charge in [0.2, 0.25) is 0 Å². The van der Waals surface area contributed by atoms with Crippen LogP contribution in [0.25, 0.3) is 0 Å². The molecule has 0 radical (unpaired) electrons. The third-order valence-electron chi connectivity index (χ3n) is 4.14. The zero-order chi connectivity index (χ0) is 18.9. The average molecular weight is 504 g/mol. The van der Waals surface area contributed by atoms with Gasteiger partial charge in [0.05, 0.1) is 20.3 Å². The fourth-order valence-corrected chi connectivity index (χ4v) is 3.32. The SMILES string of the molecule is CN=C(NCc1ccsc1)NCC(c1ccc(OC)c(OC)c1)N(C)C.I. The van der Waals surface area contributed by atoms with Crippen LogP contribution in [0.15, 0.2) is 40.0 Å². The van der Waals surface area contributed by atoms with Crippen molar-refractivity contribution in [3.05, 3.63) is 46.2 Å². The van der Waals surface area contributed by atoms with E-state index >= 15 is 0 Å². The molecular formula is C19H29IN4O2S. The first-order valence-corrected chi connectivity index (χ1v) is 9.37. The van der Waals surface area contributed by atoms with E-state index in [1.807, 2.05) is 12.1 Å². The summed E-state index contributed by atoms with van der Waals surface area (Å²) in [6.07, 6.45) is 0. The van der Waals surface area contributed by atoms with Crippen LogP contribution < -0.4 is 20.1 Å². The van der Waals surface area contributed by atoms with Gasteiger partial charge in [-0.15, -0.1) is 24.0 Å². The minimum Gasteiger partial charge on any atom is -0.493 e. The number of guanidine groups is 1. The fraction of sp³-hybridized carbons (Fsp3) is 0.421. The molecule has 1 atom stereocenters. The summed E-state index contributed by atoms with van der Waals surface area (Å²) in [6.45, 7) is 1.47. The van der Waals surface area contributed by atoms with Gasteiger partial charge >= 0.3 is 0 Å². The molecule has 1 unspecified atom stereocenters. The van der Waals surface area contributed by atoms with Crippen LogP contribution in [0.5, 0.6) is 11.5 Å². The molecule has 1 heterocycles. The predicted octanol–water partition coefficient (Wildman–Crippen LogP) is 3.35. The third-order valence-corrected chi connectivity index (χ3v) is 4.87. The summed E-state index contributed by atoms with van der Waals surface area (Å²) in [5.74, 6) is 2.25. The van der Waals surface area contributed by atoms with Crippen molar-refractivity contribution in [2.24, 2.45) is 4.99 Å². The normalized spacial score (nSPS) is 12.3. The molecule has 0 bridgehead atoms. The second-order valence-corrected chi connectivity index (χ2v) is 6.81. The van der Waals surface area contributed by atoms with E-state index in [0.717, 1.165) is 29.6 Å². The molecule has 0 aliphatic heterocycles. The molecule has 150 valence electrons. The van der Waals surface area contributed by atoms with Gasteiger partial charge in [-0.05, 0) is 54.2 Å². The van der Waals surface area contributed by atoms with Crippen LogP contribution in [0.2, 0.25) is 0 Å². The summed E-state index contributed by atoms with van der Waals surface area (Å²) in [7, 11) is 9.20. The largest absolute Gasteiger partial charge is 0.493 e. The lowest BCUT2D eigenvalue weighted by molar-refractivity contribution is 0.295. The van der Waals surface area contributed by atoms with Crippen LogP contribution in [0.1, 0.15) is 17.2 Å². The molecule has 1 aromatic carbocycles. The topological polar surface area (TPSA) is 58.1 Å². The van der Waals surface area contributed by atoms with Gasteiger partial charge in [0.1, 0.15) is 0 Å². The van der Waals surface area contributed by atoms with E-state index in [0.29, 0.717) is 6.54 Å². The molecule has 0 saturated carbocycles. The standard InChI is InChI=1S/C19H28N4O2S.HI/c1-20-19(21-11-14-8-9-26-13-14)22-12-16(23(2)3)15-6-7-17(24-4)18(10-15)25-5;/h6-10,13,16H,11-12H2,1-5H3,(H2,20,21,22);1H. The Bertz CT molecular complexity index is 708. The fourth-order valence-electron chi connectivity index (χ4n) is 2.65. The number of rotatable bonds is 8. The van der Waals surface area contributed by atoms with Gasteiger partial charge in [-0.1, -0.05) is 6.07 Å². The van der Waals surface area contributed by atoms with Crippen molar-refractivity contribution in [3.8, 4) is 11.5 Å². The third kappa shape index (κ3) is 6.86. The van der Waals surface area contributed by atoms with E-state index in [-0.39, 0.29) is 30.0 Å². The summed E-state index contributed by atoms with van der Waals surface area (Å²) in [4.78, 5) is 6.48. The molecular weight excluding hydrogens is 475 g/mol. The zero-order valence-electron chi connectivity index (χ0n) is 16.5. The summed E-state index contributed by atoms with van der Waals surface area (Å²) in [6, 6.07) is 8.29. The first kappa shape index (κ1) is 23.5. The highest BCUT2D eigenvalue weighted by molar-refractivity contribution is 14.0. The number of hydrogen-bond acceptors (Lipinski definition) is 5. The Balaban J connectivity index is 0.00000364. The van der Waals surface area contributed by atoms with Crippen LogP contribution in [0, 0.1) is 0 Å². The summed E-state index contributed by atoms with van der Waals surface area (Å²) < 4.78 is 10.8. The lowest BCUT2D eigenvalue weighted by atomic mass is 10.1. The number of benzene rings is 1. The molecule has 27 heavy (non-hydrogen) atoms. The van der Waals surface area contributed by atoms with Gasteiger partial charge in [0.25, 0.3) is 0 Å².